The molecule has 2 aliphatic rings. The van der Waals surface area contributed by atoms with Gasteiger partial charge in [-0.05, 0) is 42.8 Å². The van der Waals surface area contributed by atoms with Gasteiger partial charge in [-0.25, -0.2) is 18.3 Å². The molecule has 3 heterocycles. The molecule has 1 saturated heterocycles. The highest BCUT2D eigenvalue weighted by atomic mass is 35.5. The highest BCUT2D eigenvalue weighted by Crippen LogP contribution is 2.44. The normalized spacial score (nSPS) is 19.7. The average Bonchev–Trinajstić information content (AvgIpc) is 3.42. The number of fused-ring (bicyclic) bond motifs is 1. The lowest BCUT2D eigenvalue weighted by atomic mass is 9.91. The number of sulfonamides is 1. The summed E-state index contributed by atoms with van der Waals surface area (Å²) in [4.78, 5) is 33.2. The van der Waals surface area contributed by atoms with Gasteiger partial charge in [0.2, 0.25) is 11.9 Å². The quantitative estimate of drug-likeness (QED) is 0.451. The van der Waals surface area contributed by atoms with Crippen LogP contribution in [-0.2, 0) is 31.6 Å². The van der Waals surface area contributed by atoms with Crippen LogP contribution in [0.4, 0.5) is 11.6 Å². The number of benzene rings is 2. The van der Waals surface area contributed by atoms with E-state index in [1.807, 2.05) is 0 Å². The molecule has 39 heavy (non-hydrogen) atoms. The van der Waals surface area contributed by atoms with Crippen molar-refractivity contribution in [2.24, 2.45) is 0 Å². The lowest BCUT2D eigenvalue weighted by molar-refractivity contribution is -0.130. The Kier molecular flexibility index (Phi) is 6.93. The number of imidazole rings is 1. The van der Waals surface area contributed by atoms with Crippen LogP contribution in [0.1, 0.15) is 25.0 Å². The number of hydrogen-bond donors (Lipinski definition) is 0. The molecule has 1 fully saturated rings. The van der Waals surface area contributed by atoms with Crippen molar-refractivity contribution in [3.05, 3.63) is 69.8 Å². The van der Waals surface area contributed by atoms with Gasteiger partial charge < -0.3 is 4.90 Å². The Bertz CT molecular complexity index is 1600. The number of carbonyl (C=O) groups is 2. The predicted molar refractivity (Wildman–Crippen MR) is 145 cm³/mol. The monoisotopic (exact) mass is 586 g/mol. The summed E-state index contributed by atoms with van der Waals surface area (Å²) in [6, 6.07) is 13.5. The molecule has 0 bridgehead atoms. The second kappa shape index (κ2) is 9.95. The Labute approximate surface area is 236 Å². The minimum Gasteiger partial charge on any atom is -0.340 e. The Hall–Kier alpha value is -3.43. The van der Waals surface area contributed by atoms with Crippen LogP contribution in [0, 0.1) is 11.3 Å². The largest absolute Gasteiger partial charge is 0.340 e. The van der Waals surface area contributed by atoms with Crippen LogP contribution in [-0.4, -0.2) is 65.2 Å². The molecule has 2 aliphatic heterocycles. The van der Waals surface area contributed by atoms with Gasteiger partial charge in [-0.2, -0.15) is 9.57 Å². The maximum atomic E-state index is 14.1. The minimum atomic E-state index is -4.09. The van der Waals surface area contributed by atoms with Crippen LogP contribution < -0.4 is 4.90 Å². The van der Waals surface area contributed by atoms with E-state index in [2.05, 4.69) is 11.1 Å². The van der Waals surface area contributed by atoms with Crippen molar-refractivity contribution in [2.45, 2.75) is 30.8 Å². The van der Waals surface area contributed by atoms with E-state index in [9.17, 15) is 23.3 Å². The Balaban J connectivity index is 1.62. The number of amides is 2. The van der Waals surface area contributed by atoms with Crippen LogP contribution >= 0.6 is 23.2 Å². The zero-order valence-corrected chi connectivity index (χ0v) is 23.5. The molecule has 13 heteroatoms. The molecule has 10 nitrogen and oxygen atoms in total. The third kappa shape index (κ3) is 4.67. The molecule has 3 aromatic rings. The molecule has 0 aliphatic carbocycles. The van der Waals surface area contributed by atoms with E-state index >= 15 is 0 Å². The van der Waals surface area contributed by atoms with Crippen molar-refractivity contribution in [1.82, 2.24) is 18.8 Å². The first kappa shape index (κ1) is 27.1. The molecule has 5 rings (SSSR count). The van der Waals surface area contributed by atoms with Crippen LogP contribution in [0.3, 0.4) is 0 Å². The van der Waals surface area contributed by atoms with Crippen molar-refractivity contribution in [2.75, 3.05) is 31.1 Å². The maximum Gasteiger partial charge on any atom is 0.260 e. The molecule has 1 unspecified atom stereocenters. The molecule has 0 N–H and O–H groups in total. The van der Waals surface area contributed by atoms with Gasteiger partial charge in [-0.15, -0.1) is 0 Å². The fourth-order valence-corrected chi connectivity index (χ4v) is 7.21. The molecule has 2 aromatic carbocycles. The summed E-state index contributed by atoms with van der Waals surface area (Å²) in [5, 5.41) is 9.65. The van der Waals surface area contributed by atoms with Crippen LogP contribution in [0.2, 0.25) is 10.0 Å². The van der Waals surface area contributed by atoms with Gasteiger partial charge in [0.15, 0.2) is 5.03 Å². The van der Waals surface area contributed by atoms with Gasteiger partial charge in [0.25, 0.3) is 15.9 Å². The molecule has 1 aromatic heterocycles. The standard InChI is InChI=1S/C26H24Cl2N6O4S/c1-17(35)31-7-9-32(10-8-31)39(37,38)23-16-30-25-33(22-12-20(27)11-21(28)13-22)24(36)26(2,34(23)25)14-18-3-5-19(15-29)6-4-18/h3-6,11-13,16H,7-10,14H2,1-2H3. The van der Waals surface area contributed by atoms with Gasteiger partial charge >= 0.3 is 0 Å². The highest BCUT2D eigenvalue weighted by molar-refractivity contribution is 7.89. The Morgan fingerprint density at radius 1 is 1.08 bits per heavy atom. The molecule has 0 spiro atoms. The highest BCUT2D eigenvalue weighted by Gasteiger charge is 2.52. The molecule has 202 valence electrons. The summed E-state index contributed by atoms with van der Waals surface area (Å²) in [7, 11) is -4.09. The first-order chi connectivity index (χ1) is 18.5. The molecule has 2 amide bonds. The fourth-order valence-electron chi connectivity index (χ4n) is 5.08. The van der Waals surface area contributed by atoms with Crippen LogP contribution in [0.15, 0.2) is 53.7 Å². The second-order valence-electron chi connectivity index (χ2n) is 9.67. The third-order valence-electron chi connectivity index (χ3n) is 7.09. The second-order valence-corrected chi connectivity index (χ2v) is 12.4. The van der Waals surface area contributed by atoms with Gasteiger partial charge in [0.05, 0.1) is 23.5 Å². The van der Waals surface area contributed by atoms with E-state index in [-0.39, 0.29) is 49.5 Å². The molecule has 0 radical (unpaired) electrons. The Morgan fingerprint density at radius 3 is 2.26 bits per heavy atom. The van der Waals surface area contributed by atoms with Crippen molar-refractivity contribution in [3.8, 4) is 6.07 Å². The van der Waals surface area contributed by atoms with E-state index in [0.717, 1.165) is 5.56 Å². The van der Waals surface area contributed by atoms with E-state index in [4.69, 9.17) is 23.2 Å². The van der Waals surface area contributed by atoms with Gasteiger partial charge in [0, 0.05) is 49.6 Å². The number of hydrogen-bond acceptors (Lipinski definition) is 6. The van der Waals surface area contributed by atoms with E-state index in [1.54, 1.807) is 48.2 Å². The number of nitriles is 1. The summed E-state index contributed by atoms with van der Waals surface area (Å²) >= 11 is 12.5. The van der Waals surface area contributed by atoms with Crippen molar-refractivity contribution < 1.29 is 18.0 Å². The van der Waals surface area contributed by atoms with Crippen molar-refractivity contribution in [3.63, 3.8) is 0 Å². The summed E-state index contributed by atoms with van der Waals surface area (Å²) in [6.07, 6.45) is 1.39. The molecule has 1 atom stereocenters. The minimum absolute atomic E-state index is 0.117. The van der Waals surface area contributed by atoms with Crippen LogP contribution in [0.25, 0.3) is 0 Å². The summed E-state index contributed by atoms with van der Waals surface area (Å²) in [6.45, 7) is 3.89. The van der Waals surface area contributed by atoms with E-state index in [0.29, 0.717) is 21.3 Å². The van der Waals surface area contributed by atoms with Gasteiger partial charge in [-0.3, -0.25) is 14.2 Å². The number of piperazine rings is 1. The van der Waals surface area contributed by atoms with E-state index in [1.165, 1.54) is 33.0 Å². The van der Waals surface area contributed by atoms with Crippen molar-refractivity contribution >= 4 is 56.7 Å². The molecule has 0 saturated carbocycles. The number of rotatable bonds is 5. The summed E-state index contributed by atoms with van der Waals surface area (Å²) in [5.41, 5.74) is 0.159. The first-order valence-corrected chi connectivity index (χ1v) is 14.3. The van der Waals surface area contributed by atoms with Gasteiger partial charge in [0.1, 0.15) is 5.54 Å². The van der Waals surface area contributed by atoms with E-state index < -0.39 is 21.5 Å². The smallest absolute Gasteiger partial charge is 0.260 e. The number of halogens is 2. The lowest BCUT2D eigenvalue weighted by Crippen LogP contribution is -2.50. The first-order valence-electron chi connectivity index (χ1n) is 12.1. The number of nitrogens with zero attached hydrogens (tertiary/aromatic N) is 6. The lowest BCUT2D eigenvalue weighted by Gasteiger charge is -2.34. The SMILES string of the molecule is CC(=O)N1CCN(S(=O)(=O)c2cnc3n2C(C)(Cc2ccc(C#N)cc2)C(=O)N3c2cc(Cl)cc(Cl)c2)CC1. The average molecular weight is 587 g/mol. The molecular weight excluding hydrogens is 563 g/mol. The zero-order chi connectivity index (χ0) is 28.1. The van der Waals surface area contributed by atoms with Gasteiger partial charge in [-0.1, -0.05) is 35.3 Å². The Morgan fingerprint density at radius 2 is 1.69 bits per heavy atom. The third-order valence-corrected chi connectivity index (χ3v) is 9.39. The number of carbonyl (C=O) groups excluding carboxylic acids is 2. The summed E-state index contributed by atoms with van der Waals surface area (Å²) in [5.74, 6) is -0.407. The van der Waals surface area contributed by atoms with Crippen LogP contribution in [0.5, 0.6) is 0 Å². The zero-order valence-electron chi connectivity index (χ0n) is 21.1. The summed E-state index contributed by atoms with van der Waals surface area (Å²) < 4.78 is 30.6. The molecular formula is C26H24Cl2N6O4S. The maximum absolute atomic E-state index is 14.1. The van der Waals surface area contributed by atoms with Crippen molar-refractivity contribution in [1.29, 1.82) is 5.26 Å². The topological polar surface area (TPSA) is 120 Å². The number of anilines is 2. The predicted octanol–water partition coefficient (Wildman–Crippen LogP) is 3.55. The fraction of sp³-hybridized carbons (Fsp3) is 0.308. The number of aromatic nitrogens is 2.